The van der Waals surface area contributed by atoms with E-state index in [4.69, 9.17) is 33.5 Å². The molecule has 1 heterocycles. The van der Waals surface area contributed by atoms with Crippen LogP contribution in [-0.2, 0) is 6.54 Å². The van der Waals surface area contributed by atoms with E-state index in [9.17, 15) is 0 Å². The smallest absolute Gasteiger partial charge is 0.138 e. The molecule has 2 rings (SSSR count). The van der Waals surface area contributed by atoms with Crippen LogP contribution >= 0.6 is 23.2 Å². The normalized spacial score (nSPS) is 10.8. The fourth-order valence-corrected chi connectivity index (χ4v) is 1.80. The van der Waals surface area contributed by atoms with Gasteiger partial charge >= 0.3 is 0 Å². The molecule has 0 saturated carbocycles. The van der Waals surface area contributed by atoms with Gasteiger partial charge in [-0.2, -0.15) is 0 Å². The standard InChI is InChI=1S/C11H10Cl2N2O/c1-6-8(5-14)11(15-16-6)7-2-3-9(12)10(13)4-7/h2-4H,5,14H2,1H3. The number of aryl methyl sites for hydroxylation is 1. The van der Waals surface area contributed by atoms with Crippen molar-refractivity contribution in [1.82, 2.24) is 5.16 Å². The van der Waals surface area contributed by atoms with Crippen molar-refractivity contribution in [1.29, 1.82) is 0 Å². The maximum atomic E-state index is 5.94. The fourth-order valence-electron chi connectivity index (χ4n) is 1.50. The maximum Gasteiger partial charge on any atom is 0.138 e. The third kappa shape index (κ3) is 1.94. The Hall–Kier alpha value is -1.03. The van der Waals surface area contributed by atoms with Gasteiger partial charge in [-0.15, -0.1) is 0 Å². The van der Waals surface area contributed by atoms with Gasteiger partial charge in [0.05, 0.1) is 10.0 Å². The minimum atomic E-state index is 0.380. The third-order valence-electron chi connectivity index (χ3n) is 2.38. The van der Waals surface area contributed by atoms with Crippen LogP contribution in [-0.4, -0.2) is 5.16 Å². The van der Waals surface area contributed by atoms with Crippen LogP contribution < -0.4 is 5.73 Å². The van der Waals surface area contributed by atoms with Gasteiger partial charge in [0.1, 0.15) is 11.5 Å². The monoisotopic (exact) mass is 256 g/mol. The van der Waals surface area contributed by atoms with E-state index >= 15 is 0 Å². The van der Waals surface area contributed by atoms with E-state index in [0.29, 0.717) is 16.6 Å². The van der Waals surface area contributed by atoms with Gasteiger partial charge in [0.25, 0.3) is 0 Å². The molecule has 16 heavy (non-hydrogen) atoms. The zero-order valence-electron chi connectivity index (χ0n) is 8.63. The molecule has 0 atom stereocenters. The van der Waals surface area contributed by atoms with Crippen molar-refractivity contribution in [2.45, 2.75) is 13.5 Å². The number of nitrogens with two attached hydrogens (primary N) is 1. The summed E-state index contributed by atoms with van der Waals surface area (Å²) in [6.45, 7) is 2.21. The van der Waals surface area contributed by atoms with Crippen LogP contribution in [0.25, 0.3) is 11.3 Å². The Morgan fingerprint density at radius 1 is 1.31 bits per heavy atom. The predicted molar refractivity (Wildman–Crippen MR) is 64.6 cm³/mol. The lowest BCUT2D eigenvalue weighted by molar-refractivity contribution is 0.398. The Kier molecular flexibility index (Phi) is 3.19. The second-order valence-electron chi connectivity index (χ2n) is 3.40. The number of rotatable bonds is 2. The van der Waals surface area contributed by atoms with Crippen molar-refractivity contribution >= 4 is 23.2 Å². The van der Waals surface area contributed by atoms with Crippen LogP contribution in [0.4, 0.5) is 0 Å². The highest BCUT2D eigenvalue weighted by Crippen LogP contribution is 2.30. The molecule has 84 valence electrons. The Bertz CT molecular complexity index is 523. The lowest BCUT2D eigenvalue weighted by atomic mass is 10.1. The molecule has 0 saturated heterocycles. The van der Waals surface area contributed by atoms with Crippen molar-refractivity contribution in [2.24, 2.45) is 5.73 Å². The quantitative estimate of drug-likeness (QED) is 0.896. The molecular weight excluding hydrogens is 247 g/mol. The summed E-state index contributed by atoms with van der Waals surface area (Å²) in [5.74, 6) is 0.726. The molecule has 2 aromatic rings. The van der Waals surface area contributed by atoms with Crippen molar-refractivity contribution in [3.8, 4) is 11.3 Å². The molecule has 0 unspecified atom stereocenters. The minimum Gasteiger partial charge on any atom is -0.361 e. The molecule has 0 spiro atoms. The van der Waals surface area contributed by atoms with E-state index in [1.165, 1.54) is 0 Å². The molecule has 0 fully saturated rings. The Morgan fingerprint density at radius 3 is 2.69 bits per heavy atom. The molecule has 0 radical (unpaired) electrons. The van der Waals surface area contributed by atoms with Crippen LogP contribution in [0, 0.1) is 6.92 Å². The topological polar surface area (TPSA) is 52.0 Å². The first kappa shape index (κ1) is 11.5. The zero-order chi connectivity index (χ0) is 11.7. The van der Waals surface area contributed by atoms with Crippen LogP contribution in [0.5, 0.6) is 0 Å². The van der Waals surface area contributed by atoms with Crippen molar-refractivity contribution < 1.29 is 4.52 Å². The van der Waals surface area contributed by atoms with Gasteiger partial charge in [-0.05, 0) is 19.1 Å². The number of benzene rings is 1. The van der Waals surface area contributed by atoms with Gasteiger partial charge in [0, 0.05) is 17.7 Å². The van der Waals surface area contributed by atoms with E-state index in [2.05, 4.69) is 5.16 Å². The van der Waals surface area contributed by atoms with Crippen LogP contribution in [0.2, 0.25) is 10.0 Å². The van der Waals surface area contributed by atoms with E-state index in [-0.39, 0.29) is 0 Å². The average molecular weight is 257 g/mol. The average Bonchev–Trinajstić information content (AvgIpc) is 2.63. The molecule has 0 bridgehead atoms. The third-order valence-corrected chi connectivity index (χ3v) is 3.12. The second-order valence-corrected chi connectivity index (χ2v) is 4.21. The first-order valence-electron chi connectivity index (χ1n) is 4.74. The van der Waals surface area contributed by atoms with Gasteiger partial charge in [-0.1, -0.05) is 34.4 Å². The summed E-state index contributed by atoms with van der Waals surface area (Å²) in [5, 5.41) is 4.97. The van der Waals surface area contributed by atoms with Gasteiger partial charge in [0.2, 0.25) is 0 Å². The lowest BCUT2D eigenvalue weighted by Gasteiger charge is -2.01. The van der Waals surface area contributed by atoms with Gasteiger partial charge in [-0.25, -0.2) is 0 Å². The first-order valence-corrected chi connectivity index (χ1v) is 5.49. The highest BCUT2D eigenvalue weighted by atomic mass is 35.5. The van der Waals surface area contributed by atoms with Gasteiger partial charge in [-0.3, -0.25) is 0 Å². The summed E-state index contributed by atoms with van der Waals surface area (Å²) in [5.41, 5.74) is 8.10. The largest absolute Gasteiger partial charge is 0.361 e. The number of hydrogen-bond acceptors (Lipinski definition) is 3. The highest BCUT2D eigenvalue weighted by Gasteiger charge is 2.13. The van der Waals surface area contributed by atoms with Gasteiger partial charge in [0.15, 0.2) is 0 Å². The molecule has 3 nitrogen and oxygen atoms in total. The Morgan fingerprint density at radius 2 is 2.06 bits per heavy atom. The summed E-state index contributed by atoms with van der Waals surface area (Å²) in [7, 11) is 0. The molecule has 0 aliphatic rings. The number of aromatic nitrogens is 1. The summed E-state index contributed by atoms with van der Waals surface area (Å²) in [6, 6.07) is 5.31. The number of halogens is 2. The van der Waals surface area contributed by atoms with E-state index in [1.54, 1.807) is 12.1 Å². The SMILES string of the molecule is Cc1onc(-c2ccc(Cl)c(Cl)c2)c1CN. The molecule has 5 heteroatoms. The summed E-state index contributed by atoms with van der Waals surface area (Å²) < 4.78 is 5.10. The zero-order valence-corrected chi connectivity index (χ0v) is 10.1. The Balaban J connectivity index is 2.54. The number of hydrogen-bond donors (Lipinski definition) is 1. The van der Waals surface area contributed by atoms with Crippen LogP contribution in [0.15, 0.2) is 22.7 Å². The molecule has 0 aliphatic heterocycles. The maximum absolute atomic E-state index is 5.94. The van der Waals surface area contributed by atoms with Crippen LogP contribution in [0.1, 0.15) is 11.3 Å². The van der Waals surface area contributed by atoms with Crippen molar-refractivity contribution in [2.75, 3.05) is 0 Å². The van der Waals surface area contributed by atoms with Crippen LogP contribution in [0.3, 0.4) is 0 Å². The number of nitrogens with zero attached hydrogens (tertiary/aromatic N) is 1. The molecule has 1 aromatic heterocycles. The first-order chi connectivity index (χ1) is 7.63. The van der Waals surface area contributed by atoms with E-state index in [0.717, 1.165) is 22.6 Å². The predicted octanol–water partition coefficient (Wildman–Crippen LogP) is 3.42. The Labute approximate surface area is 103 Å². The lowest BCUT2D eigenvalue weighted by Crippen LogP contribution is -1.98. The minimum absolute atomic E-state index is 0.380. The van der Waals surface area contributed by atoms with Gasteiger partial charge < -0.3 is 10.3 Å². The van der Waals surface area contributed by atoms with Crippen molar-refractivity contribution in [3.63, 3.8) is 0 Å². The van der Waals surface area contributed by atoms with E-state index < -0.39 is 0 Å². The summed E-state index contributed by atoms with van der Waals surface area (Å²) in [6.07, 6.45) is 0. The highest BCUT2D eigenvalue weighted by molar-refractivity contribution is 6.42. The molecule has 0 amide bonds. The summed E-state index contributed by atoms with van der Waals surface area (Å²) >= 11 is 11.8. The second kappa shape index (κ2) is 4.45. The molecule has 1 aromatic carbocycles. The molecular formula is C11H10Cl2N2O. The molecule has 0 aliphatic carbocycles. The van der Waals surface area contributed by atoms with E-state index in [1.807, 2.05) is 13.0 Å². The van der Waals surface area contributed by atoms with Crippen molar-refractivity contribution in [3.05, 3.63) is 39.6 Å². The molecule has 2 N–H and O–H groups in total. The fraction of sp³-hybridized carbons (Fsp3) is 0.182. The summed E-state index contributed by atoms with van der Waals surface area (Å²) in [4.78, 5) is 0.